The summed E-state index contributed by atoms with van der Waals surface area (Å²) in [5.74, 6) is -0.00193. The van der Waals surface area contributed by atoms with Crippen LogP contribution in [0.3, 0.4) is 0 Å². The number of hydrogen-bond donors (Lipinski definition) is 2. The van der Waals surface area contributed by atoms with E-state index in [-0.39, 0.29) is 11.8 Å². The van der Waals surface area contributed by atoms with Gasteiger partial charge in [-0.1, -0.05) is 76.6 Å². The van der Waals surface area contributed by atoms with E-state index in [0.29, 0.717) is 34.9 Å². The zero-order chi connectivity index (χ0) is 24.4. The predicted octanol–water partition coefficient (Wildman–Crippen LogP) is 5.33. The van der Waals surface area contributed by atoms with Gasteiger partial charge < -0.3 is 11.1 Å². The maximum Gasteiger partial charge on any atom is 0.262 e. The summed E-state index contributed by atoms with van der Waals surface area (Å²) in [6, 6.07) is 16.3. The summed E-state index contributed by atoms with van der Waals surface area (Å²) < 4.78 is 0. The third-order valence-corrected chi connectivity index (χ3v) is 7.06. The van der Waals surface area contributed by atoms with Crippen LogP contribution < -0.4 is 11.1 Å². The zero-order valence-electron chi connectivity index (χ0n) is 20.7. The normalized spacial score (nSPS) is 16.6. The van der Waals surface area contributed by atoms with Crippen molar-refractivity contribution in [2.24, 2.45) is 5.73 Å². The molecule has 178 valence electrons. The first kappa shape index (κ1) is 24.0. The van der Waals surface area contributed by atoms with Crippen molar-refractivity contribution in [3.05, 3.63) is 81.9 Å². The lowest BCUT2D eigenvalue weighted by Crippen LogP contribution is -2.42. The Kier molecular flexibility index (Phi) is 7.03. The Labute approximate surface area is 202 Å². The van der Waals surface area contributed by atoms with Crippen LogP contribution in [0.4, 0.5) is 0 Å². The first-order chi connectivity index (χ1) is 16.4. The lowest BCUT2D eigenvalue weighted by atomic mass is 9.91. The van der Waals surface area contributed by atoms with Crippen LogP contribution in [0.25, 0.3) is 11.4 Å². The number of carbonyl (C=O) groups excluding carboxylic acids is 2. The van der Waals surface area contributed by atoms with Crippen molar-refractivity contribution in [3.63, 3.8) is 0 Å². The van der Waals surface area contributed by atoms with Crippen LogP contribution in [0.2, 0.25) is 0 Å². The summed E-state index contributed by atoms with van der Waals surface area (Å²) in [5, 5.41) is 3.01. The van der Waals surface area contributed by atoms with Gasteiger partial charge in [-0.05, 0) is 59.9 Å². The number of rotatable bonds is 9. The molecular formula is C29H35N3O2. The fourth-order valence-corrected chi connectivity index (χ4v) is 5.11. The third-order valence-electron chi connectivity index (χ3n) is 7.06. The highest BCUT2D eigenvalue weighted by molar-refractivity contribution is 6.30. The van der Waals surface area contributed by atoms with Crippen LogP contribution in [0.1, 0.15) is 81.5 Å². The maximum absolute atomic E-state index is 13.8. The molecule has 0 bridgehead atoms. The highest BCUT2D eigenvalue weighted by atomic mass is 16.2. The molecule has 2 amide bonds. The van der Waals surface area contributed by atoms with Crippen LogP contribution in [0, 0.1) is 0 Å². The molecule has 2 aromatic rings. The van der Waals surface area contributed by atoms with E-state index < -0.39 is 6.17 Å². The Balaban J connectivity index is 1.90. The molecule has 0 aliphatic carbocycles. The van der Waals surface area contributed by atoms with Gasteiger partial charge in [-0.25, -0.2) is 0 Å². The number of nitrogens with two attached hydrogens (primary N) is 1. The van der Waals surface area contributed by atoms with Crippen LogP contribution in [0.5, 0.6) is 0 Å². The van der Waals surface area contributed by atoms with Crippen LogP contribution in [-0.2, 0) is 16.0 Å². The summed E-state index contributed by atoms with van der Waals surface area (Å²) in [6.07, 6.45) is 4.02. The van der Waals surface area contributed by atoms with Gasteiger partial charge in [0, 0.05) is 0 Å². The van der Waals surface area contributed by atoms with Crippen molar-refractivity contribution in [3.8, 4) is 0 Å². The summed E-state index contributed by atoms with van der Waals surface area (Å²) in [6.45, 7) is 8.52. The Morgan fingerprint density at radius 1 is 0.912 bits per heavy atom. The van der Waals surface area contributed by atoms with Crippen LogP contribution in [0.15, 0.2) is 59.7 Å². The molecule has 1 atom stereocenters. The van der Waals surface area contributed by atoms with E-state index in [0.717, 1.165) is 36.8 Å². The molecule has 0 radical (unpaired) electrons. The summed E-state index contributed by atoms with van der Waals surface area (Å²) in [5.41, 5.74) is 12.7. The first-order valence-electron chi connectivity index (χ1n) is 12.5. The molecule has 2 aliphatic rings. The molecule has 3 N–H and O–H groups in total. The van der Waals surface area contributed by atoms with E-state index in [1.165, 1.54) is 11.1 Å². The quantitative estimate of drug-likeness (QED) is 0.534. The highest BCUT2D eigenvalue weighted by Gasteiger charge is 2.46. The smallest absolute Gasteiger partial charge is 0.262 e. The van der Waals surface area contributed by atoms with Crippen molar-refractivity contribution in [1.82, 2.24) is 10.2 Å². The average molecular weight is 458 g/mol. The highest BCUT2D eigenvalue weighted by Crippen LogP contribution is 2.43. The van der Waals surface area contributed by atoms with Crippen molar-refractivity contribution in [2.45, 2.75) is 71.9 Å². The molecule has 0 fully saturated rings. The van der Waals surface area contributed by atoms with E-state index in [1.807, 2.05) is 43.3 Å². The first-order valence-corrected chi connectivity index (χ1v) is 12.5. The number of nitrogens with zero attached hydrogens (tertiary/aromatic N) is 1. The van der Waals surface area contributed by atoms with Gasteiger partial charge in [0.15, 0.2) is 0 Å². The molecule has 5 heteroatoms. The van der Waals surface area contributed by atoms with Crippen LogP contribution in [-0.4, -0.2) is 22.9 Å². The van der Waals surface area contributed by atoms with Gasteiger partial charge in [-0.2, -0.15) is 0 Å². The second kappa shape index (κ2) is 9.98. The predicted molar refractivity (Wildman–Crippen MR) is 137 cm³/mol. The van der Waals surface area contributed by atoms with Crippen molar-refractivity contribution >= 4 is 23.2 Å². The van der Waals surface area contributed by atoms with E-state index in [4.69, 9.17) is 5.73 Å². The molecular weight excluding hydrogens is 422 g/mol. The lowest BCUT2D eigenvalue weighted by molar-refractivity contribution is -0.124. The van der Waals surface area contributed by atoms with E-state index in [2.05, 4.69) is 38.2 Å². The number of carbonyl (C=O) groups is 2. The van der Waals surface area contributed by atoms with Gasteiger partial charge in [0.1, 0.15) is 0 Å². The summed E-state index contributed by atoms with van der Waals surface area (Å²) in [4.78, 5) is 28.8. The number of amides is 2. The second-order valence-electron chi connectivity index (χ2n) is 9.15. The van der Waals surface area contributed by atoms with Gasteiger partial charge in [0.25, 0.3) is 11.8 Å². The SMILES string of the molecule is CCCC(N)N1C(=O)C2=C(c3cccc(C(CC)CC)c3)NC(=O)C2=C1c1ccc(CC)cc1. The van der Waals surface area contributed by atoms with Crippen molar-refractivity contribution in [2.75, 3.05) is 0 Å². The fraction of sp³-hybridized carbons (Fsp3) is 0.379. The second-order valence-corrected chi connectivity index (χ2v) is 9.15. The Morgan fingerprint density at radius 2 is 1.62 bits per heavy atom. The maximum atomic E-state index is 13.8. The largest absolute Gasteiger partial charge is 0.321 e. The molecule has 2 aliphatic heterocycles. The number of fused-ring (bicyclic) bond motifs is 1. The summed E-state index contributed by atoms with van der Waals surface area (Å²) >= 11 is 0. The number of aryl methyl sites for hydroxylation is 1. The van der Waals surface area contributed by atoms with Gasteiger partial charge in [0.05, 0.1) is 28.7 Å². The third kappa shape index (κ3) is 4.09. The van der Waals surface area contributed by atoms with E-state index in [9.17, 15) is 9.59 Å². The lowest BCUT2D eigenvalue weighted by Gasteiger charge is -2.28. The standard InChI is InChI=1S/C29H35N3O2/c1-5-10-23(30)32-27(20-15-13-18(6-2)14-16-20)25-24(29(32)34)26(31-28(25)33)22-12-9-11-21(17-22)19(7-3)8-4/h9,11-17,19,23H,5-8,10,30H2,1-4H3,(H,31,33). The Hall–Kier alpha value is -3.18. The van der Waals surface area contributed by atoms with Gasteiger partial charge in [0.2, 0.25) is 0 Å². The number of hydrogen-bond acceptors (Lipinski definition) is 3. The van der Waals surface area contributed by atoms with E-state index >= 15 is 0 Å². The molecule has 0 saturated carbocycles. The van der Waals surface area contributed by atoms with Gasteiger partial charge >= 0.3 is 0 Å². The van der Waals surface area contributed by atoms with Gasteiger partial charge in [-0.15, -0.1) is 0 Å². The molecule has 5 nitrogen and oxygen atoms in total. The summed E-state index contributed by atoms with van der Waals surface area (Å²) in [7, 11) is 0. The zero-order valence-corrected chi connectivity index (χ0v) is 20.7. The Morgan fingerprint density at radius 3 is 2.24 bits per heavy atom. The van der Waals surface area contributed by atoms with Gasteiger partial charge in [-0.3, -0.25) is 14.5 Å². The minimum absolute atomic E-state index is 0.202. The minimum Gasteiger partial charge on any atom is -0.321 e. The molecule has 4 rings (SSSR count). The van der Waals surface area contributed by atoms with E-state index in [1.54, 1.807) is 4.90 Å². The topological polar surface area (TPSA) is 75.4 Å². The number of benzene rings is 2. The molecule has 2 heterocycles. The Bertz CT molecular complexity index is 1160. The minimum atomic E-state index is -0.492. The fourth-order valence-electron chi connectivity index (χ4n) is 5.11. The molecule has 2 aromatic carbocycles. The molecule has 1 unspecified atom stereocenters. The van der Waals surface area contributed by atoms with Crippen LogP contribution >= 0.6 is 0 Å². The molecule has 34 heavy (non-hydrogen) atoms. The monoisotopic (exact) mass is 457 g/mol. The van der Waals surface area contributed by atoms with Crippen molar-refractivity contribution < 1.29 is 9.59 Å². The molecule has 0 aromatic heterocycles. The van der Waals surface area contributed by atoms with Crippen molar-refractivity contribution in [1.29, 1.82) is 0 Å². The molecule has 0 spiro atoms. The molecule has 0 saturated heterocycles. The average Bonchev–Trinajstić information content (AvgIpc) is 3.35. The number of nitrogens with one attached hydrogen (secondary N) is 1.